The number of hydrogen-bond acceptors (Lipinski definition) is 5. The van der Waals surface area contributed by atoms with E-state index in [4.69, 9.17) is 0 Å². The number of nitrogens with zero attached hydrogens (tertiary/aromatic N) is 4. The first-order chi connectivity index (χ1) is 15.3. The molecule has 1 aliphatic rings. The van der Waals surface area contributed by atoms with Crippen molar-refractivity contribution in [2.45, 2.75) is 20.8 Å². The zero-order valence-electron chi connectivity index (χ0n) is 19.3. The summed E-state index contributed by atoms with van der Waals surface area (Å²) >= 11 is 0. The van der Waals surface area contributed by atoms with E-state index < -0.39 is 0 Å². The van der Waals surface area contributed by atoms with E-state index in [2.05, 4.69) is 52.1 Å². The van der Waals surface area contributed by atoms with Crippen molar-refractivity contribution in [2.75, 3.05) is 44.2 Å². The first-order valence-corrected chi connectivity index (χ1v) is 11.1. The third-order valence-electron chi connectivity index (χ3n) is 6.50. The molecular weight excluding hydrogens is 402 g/mol. The van der Waals surface area contributed by atoms with E-state index in [9.17, 15) is 9.59 Å². The Labute approximate surface area is 188 Å². The number of aryl methyl sites for hydroxylation is 3. The second-order valence-electron chi connectivity index (χ2n) is 8.57. The van der Waals surface area contributed by atoms with Gasteiger partial charge in [-0.2, -0.15) is 0 Å². The van der Waals surface area contributed by atoms with Crippen LogP contribution >= 0.6 is 0 Å². The quantitative estimate of drug-likeness (QED) is 0.669. The van der Waals surface area contributed by atoms with Gasteiger partial charge in [0.1, 0.15) is 5.69 Å². The molecule has 2 heterocycles. The summed E-state index contributed by atoms with van der Waals surface area (Å²) in [6.45, 7) is 11.4. The summed E-state index contributed by atoms with van der Waals surface area (Å²) in [4.78, 5) is 33.9. The highest BCUT2D eigenvalue weighted by Crippen LogP contribution is 2.23. The van der Waals surface area contributed by atoms with Gasteiger partial charge in [0, 0.05) is 57.6 Å². The minimum atomic E-state index is -0.118. The molecule has 0 aliphatic carbocycles. The van der Waals surface area contributed by atoms with E-state index in [0.29, 0.717) is 23.3 Å². The predicted molar refractivity (Wildman–Crippen MR) is 129 cm³/mol. The zero-order chi connectivity index (χ0) is 22.8. The average Bonchev–Trinajstić information content (AvgIpc) is 2.79. The highest BCUT2D eigenvalue weighted by atomic mass is 16.1. The normalized spacial score (nSPS) is 14.7. The van der Waals surface area contributed by atoms with Crippen LogP contribution in [-0.4, -0.2) is 59.6 Å². The highest BCUT2D eigenvalue weighted by Gasteiger charge is 2.19. The lowest BCUT2D eigenvalue weighted by Gasteiger charge is -2.37. The Balaban J connectivity index is 1.30. The molecule has 1 saturated heterocycles. The smallest absolute Gasteiger partial charge is 0.272 e. The van der Waals surface area contributed by atoms with E-state index in [1.54, 1.807) is 36.7 Å². The molecule has 2 aromatic carbocycles. The number of carbonyl (C=O) groups is 1. The molecule has 0 atom stereocenters. The second-order valence-corrected chi connectivity index (χ2v) is 8.57. The molecule has 3 aromatic rings. The van der Waals surface area contributed by atoms with Crippen LogP contribution in [0, 0.1) is 20.8 Å². The molecule has 7 nitrogen and oxygen atoms in total. The molecule has 32 heavy (non-hydrogen) atoms. The van der Waals surface area contributed by atoms with Crippen LogP contribution in [0.2, 0.25) is 0 Å². The third kappa shape index (κ3) is 4.39. The van der Waals surface area contributed by atoms with Crippen molar-refractivity contribution in [3.05, 3.63) is 69.1 Å². The number of piperazine rings is 1. The lowest BCUT2D eigenvalue weighted by molar-refractivity contribution is 0.0948. The van der Waals surface area contributed by atoms with Gasteiger partial charge in [-0.05, 0) is 56.2 Å². The number of benzene rings is 2. The Morgan fingerprint density at radius 1 is 1.06 bits per heavy atom. The number of hydrogen-bond donors (Lipinski definition) is 1. The fraction of sp³-hybridized carbons (Fsp3) is 0.400. The summed E-state index contributed by atoms with van der Waals surface area (Å²) in [7, 11) is 1.72. The van der Waals surface area contributed by atoms with E-state index in [1.807, 2.05) is 0 Å². The molecule has 1 aliphatic heterocycles. The topological polar surface area (TPSA) is 70.5 Å². The summed E-state index contributed by atoms with van der Waals surface area (Å²) in [5.41, 5.74) is 6.25. The molecule has 4 rings (SSSR count). The molecule has 1 aromatic heterocycles. The summed E-state index contributed by atoms with van der Waals surface area (Å²) in [5, 5.41) is 3.02. The molecule has 0 radical (unpaired) electrons. The monoisotopic (exact) mass is 433 g/mol. The second kappa shape index (κ2) is 9.12. The Morgan fingerprint density at radius 2 is 1.81 bits per heavy atom. The van der Waals surface area contributed by atoms with Crippen molar-refractivity contribution < 1.29 is 4.79 Å². The van der Waals surface area contributed by atoms with Crippen LogP contribution in [-0.2, 0) is 7.05 Å². The number of rotatable bonds is 5. The van der Waals surface area contributed by atoms with Gasteiger partial charge in [0.05, 0.1) is 11.0 Å². The molecule has 0 spiro atoms. The zero-order valence-corrected chi connectivity index (χ0v) is 19.3. The van der Waals surface area contributed by atoms with Crippen molar-refractivity contribution in [1.29, 1.82) is 0 Å². The Hall–Kier alpha value is -3.19. The fourth-order valence-corrected chi connectivity index (χ4v) is 4.34. The van der Waals surface area contributed by atoms with Gasteiger partial charge in [0.2, 0.25) is 0 Å². The van der Waals surface area contributed by atoms with Crippen LogP contribution in [0.15, 0.2) is 41.2 Å². The maximum absolute atomic E-state index is 12.6. The molecule has 168 valence electrons. The molecule has 1 N–H and O–H groups in total. The van der Waals surface area contributed by atoms with Gasteiger partial charge in [-0.3, -0.25) is 14.5 Å². The van der Waals surface area contributed by atoms with E-state index in [1.165, 1.54) is 16.8 Å². The number of anilines is 1. The molecule has 1 fully saturated rings. The van der Waals surface area contributed by atoms with Crippen molar-refractivity contribution in [1.82, 2.24) is 19.8 Å². The third-order valence-corrected chi connectivity index (χ3v) is 6.50. The van der Waals surface area contributed by atoms with E-state index >= 15 is 0 Å². The van der Waals surface area contributed by atoms with Crippen LogP contribution in [0.5, 0.6) is 0 Å². The minimum Gasteiger partial charge on any atom is -0.369 e. The number of carbonyl (C=O) groups excluding carboxylic acids is 1. The Morgan fingerprint density at radius 3 is 2.56 bits per heavy atom. The molecule has 0 bridgehead atoms. The molecule has 7 heteroatoms. The highest BCUT2D eigenvalue weighted by molar-refractivity contribution is 5.97. The maximum atomic E-state index is 12.6. The van der Waals surface area contributed by atoms with Crippen molar-refractivity contribution in [3.8, 4) is 0 Å². The first kappa shape index (κ1) is 22.0. The van der Waals surface area contributed by atoms with Crippen molar-refractivity contribution >= 4 is 22.6 Å². The lowest BCUT2D eigenvalue weighted by Crippen LogP contribution is -2.48. The molecule has 0 unspecified atom stereocenters. The van der Waals surface area contributed by atoms with Crippen molar-refractivity contribution in [2.24, 2.45) is 7.05 Å². The maximum Gasteiger partial charge on any atom is 0.272 e. The number of aromatic nitrogens is 2. The number of nitrogens with one attached hydrogen (secondary N) is 1. The molecular formula is C25H31N5O2. The van der Waals surface area contributed by atoms with Crippen molar-refractivity contribution in [3.63, 3.8) is 0 Å². The largest absolute Gasteiger partial charge is 0.369 e. The SMILES string of the molecule is Cc1cccc(N2CCN(CCNC(=O)c3ccc4c(c3)nc(C)c(=O)n4C)CC2)c1C. The molecule has 1 amide bonds. The number of fused-ring (bicyclic) bond motifs is 1. The van der Waals surface area contributed by atoms with Gasteiger partial charge in [0.15, 0.2) is 0 Å². The van der Waals surface area contributed by atoms with Gasteiger partial charge in [-0.1, -0.05) is 12.1 Å². The predicted octanol–water partition coefficient (Wildman–Crippen LogP) is 2.41. The standard InChI is InChI=1S/C25H31N5O2/c1-17-6-5-7-22(18(17)2)30-14-12-29(13-15-30)11-10-26-24(31)20-8-9-23-21(16-20)27-19(3)25(32)28(23)4/h5-9,16H,10-15H2,1-4H3,(H,26,31). The van der Waals surface area contributed by atoms with Crippen LogP contribution in [0.3, 0.4) is 0 Å². The average molecular weight is 434 g/mol. The Kier molecular flexibility index (Phi) is 6.28. The summed E-state index contributed by atoms with van der Waals surface area (Å²) in [6, 6.07) is 11.8. The van der Waals surface area contributed by atoms with Gasteiger partial charge >= 0.3 is 0 Å². The summed E-state index contributed by atoms with van der Waals surface area (Å²) in [5.74, 6) is -0.116. The van der Waals surface area contributed by atoms with Crippen LogP contribution < -0.4 is 15.8 Å². The summed E-state index contributed by atoms with van der Waals surface area (Å²) in [6.07, 6.45) is 0. The van der Waals surface area contributed by atoms with Gasteiger partial charge in [-0.15, -0.1) is 0 Å². The fourth-order valence-electron chi connectivity index (χ4n) is 4.34. The summed E-state index contributed by atoms with van der Waals surface area (Å²) < 4.78 is 1.57. The van der Waals surface area contributed by atoms with Gasteiger partial charge < -0.3 is 14.8 Å². The van der Waals surface area contributed by atoms with Crippen LogP contribution in [0.1, 0.15) is 27.2 Å². The Bertz CT molecular complexity index is 1210. The van der Waals surface area contributed by atoms with Gasteiger partial charge in [-0.25, -0.2) is 4.98 Å². The first-order valence-electron chi connectivity index (χ1n) is 11.1. The van der Waals surface area contributed by atoms with E-state index in [-0.39, 0.29) is 11.5 Å². The van der Waals surface area contributed by atoms with E-state index in [0.717, 1.165) is 38.2 Å². The molecule has 0 saturated carbocycles. The van der Waals surface area contributed by atoms with Gasteiger partial charge in [0.25, 0.3) is 11.5 Å². The van der Waals surface area contributed by atoms with Crippen LogP contribution in [0.25, 0.3) is 11.0 Å². The number of amides is 1. The van der Waals surface area contributed by atoms with Crippen LogP contribution in [0.4, 0.5) is 5.69 Å². The minimum absolute atomic E-state index is 0.116. The lowest BCUT2D eigenvalue weighted by atomic mass is 10.1.